The molecule has 6 heteroatoms. The van der Waals surface area contributed by atoms with Crippen LogP contribution >= 0.6 is 0 Å². The lowest BCUT2D eigenvalue weighted by Gasteiger charge is -2.30. The molecule has 2 amide bonds. The monoisotopic (exact) mass is 476 g/mol. The Morgan fingerprint density at radius 1 is 0.971 bits per heavy atom. The van der Waals surface area contributed by atoms with Crippen molar-refractivity contribution >= 4 is 11.8 Å². The molecule has 6 nitrogen and oxygen atoms in total. The minimum atomic E-state index is -0.581. The lowest BCUT2D eigenvalue weighted by molar-refractivity contribution is -0.127. The van der Waals surface area contributed by atoms with E-state index in [1.54, 1.807) is 0 Å². The largest absolute Gasteiger partial charge is 0.375 e. The zero-order chi connectivity index (χ0) is 25.6. The Bertz CT molecular complexity index is 728. The fourth-order valence-corrected chi connectivity index (χ4v) is 3.43. The van der Waals surface area contributed by atoms with E-state index in [0.29, 0.717) is 32.6 Å². The van der Waals surface area contributed by atoms with Crippen molar-refractivity contribution in [2.24, 2.45) is 0 Å². The number of rotatable bonds is 17. The first-order valence-electron chi connectivity index (χ1n) is 12.9. The van der Waals surface area contributed by atoms with E-state index in [9.17, 15) is 9.59 Å². The van der Waals surface area contributed by atoms with Crippen molar-refractivity contribution in [1.82, 2.24) is 10.6 Å². The third-order valence-electron chi connectivity index (χ3n) is 5.91. The molecule has 0 saturated heterocycles. The molecular weight excluding hydrogens is 428 g/mol. The summed E-state index contributed by atoms with van der Waals surface area (Å²) in [6.07, 6.45) is 5.88. The Balaban J connectivity index is 2.35. The molecule has 0 aliphatic rings. The maximum absolute atomic E-state index is 12.5. The van der Waals surface area contributed by atoms with Gasteiger partial charge in [-0.15, -0.1) is 0 Å². The summed E-state index contributed by atoms with van der Waals surface area (Å²) in [5.74, 6) is 0.0471. The molecule has 0 spiro atoms. The van der Waals surface area contributed by atoms with E-state index in [4.69, 9.17) is 9.47 Å². The van der Waals surface area contributed by atoms with Gasteiger partial charge in [0.1, 0.15) is 0 Å². The van der Waals surface area contributed by atoms with Gasteiger partial charge in [0.25, 0.3) is 0 Å². The lowest BCUT2D eigenvalue weighted by Crippen LogP contribution is -2.45. The number of hydrogen-bond donors (Lipinski definition) is 2. The number of ether oxygens (including phenoxy) is 2. The molecule has 1 aromatic carbocycles. The molecule has 0 heterocycles. The number of carbonyl (C=O) groups excluding carboxylic acids is 2. The molecule has 1 unspecified atom stereocenters. The van der Waals surface area contributed by atoms with Crippen LogP contribution in [0, 0.1) is 0 Å². The average Bonchev–Trinajstić information content (AvgIpc) is 2.75. The molecule has 2 N–H and O–H groups in total. The molecule has 0 bridgehead atoms. The van der Waals surface area contributed by atoms with Crippen molar-refractivity contribution in [1.29, 1.82) is 0 Å². The Morgan fingerprint density at radius 3 is 2.24 bits per heavy atom. The van der Waals surface area contributed by atoms with Gasteiger partial charge in [-0.3, -0.25) is 9.59 Å². The van der Waals surface area contributed by atoms with E-state index in [1.165, 1.54) is 0 Å². The first kappa shape index (κ1) is 30.1. The smallest absolute Gasteiger partial charge is 0.223 e. The highest BCUT2D eigenvalue weighted by Gasteiger charge is 2.25. The van der Waals surface area contributed by atoms with Crippen LogP contribution in [0.1, 0.15) is 105 Å². The molecule has 1 rings (SSSR count). The second-order valence-corrected chi connectivity index (χ2v) is 10.5. The van der Waals surface area contributed by atoms with Gasteiger partial charge in [0.05, 0.1) is 24.7 Å². The zero-order valence-corrected chi connectivity index (χ0v) is 22.6. The average molecular weight is 477 g/mol. The van der Waals surface area contributed by atoms with Crippen LogP contribution in [0.5, 0.6) is 0 Å². The normalized spacial score (nSPS) is 12.9. The predicted molar refractivity (Wildman–Crippen MR) is 138 cm³/mol. The number of nitrogens with one attached hydrogen (secondary N) is 2. The number of hydrogen-bond acceptors (Lipinski definition) is 4. The number of benzene rings is 1. The Labute approximate surface area is 207 Å². The summed E-state index contributed by atoms with van der Waals surface area (Å²) < 4.78 is 11.8. The molecule has 0 aliphatic heterocycles. The summed E-state index contributed by atoms with van der Waals surface area (Å²) in [6, 6.07) is 8.13. The van der Waals surface area contributed by atoms with Crippen LogP contribution in [0.2, 0.25) is 0 Å². The van der Waals surface area contributed by atoms with Crippen molar-refractivity contribution in [3.05, 3.63) is 35.4 Å². The molecule has 0 aromatic heterocycles. The summed E-state index contributed by atoms with van der Waals surface area (Å²) in [4.78, 5) is 24.6. The van der Waals surface area contributed by atoms with Crippen LogP contribution in [0.4, 0.5) is 0 Å². The van der Waals surface area contributed by atoms with Gasteiger partial charge in [-0.1, -0.05) is 51.0 Å². The van der Waals surface area contributed by atoms with Gasteiger partial charge < -0.3 is 20.1 Å². The van der Waals surface area contributed by atoms with Crippen LogP contribution in [-0.2, 0) is 32.2 Å². The number of carbonyl (C=O) groups is 2. The molecule has 1 aromatic rings. The summed E-state index contributed by atoms with van der Waals surface area (Å²) in [5, 5.41) is 6.08. The third kappa shape index (κ3) is 13.7. The zero-order valence-electron chi connectivity index (χ0n) is 22.6. The molecule has 1 atom stereocenters. The molecular formula is C28H48N2O4. The van der Waals surface area contributed by atoms with E-state index in [0.717, 1.165) is 36.8 Å². The molecule has 194 valence electrons. The van der Waals surface area contributed by atoms with Crippen LogP contribution in [-0.4, -0.2) is 35.7 Å². The van der Waals surface area contributed by atoms with E-state index < -0.39 is 5.60 Å². The summed E-state index contributed by atoms with van der Waals surface area (Å²) in [7, 11) is 0. The summed E-state index contributed by atoms with van der Waals surface area (Å²) in [6.45, 7) is 15.7. The van der Waals surface area contributed by atoms with Crippen LogP contribution in [0.25, 0.3) is 0 Å². The van der Waals surface area contributed by atoms with E-state index in [2.05, 4.69) is 31.4 Å². The summed E-state index contributed by atoms with van der Waals surface area (Å²) >= 11 is 0. The van der Waals surface area contributed by atoms with Crippen molar-refractivity contribution in [3.8, 4) is 0 Å². The Kier molecular flexibility index (Phi) is 13.4. The van der Waals surface area contributed by atoms with Crippen LogP contribution in [0.15, 0.2) is 24.3 Å². The van der Waals surface area contributed by atoms with Crippen molar-refractivity contribution in [2.45, 2.75) is 124 Å². The molecule has 0 radical (unpaired) electrons. The predicted octanol–water partition coefficient (Wildman–Crippen LogP) is 5.67. The van der Waals surface area contributed by atoms with Gasteiger partial charge in [-0.2, -0.15) is 0 Å². The van der Waals surface area contributed by atoms with Gasteiger partial charge in [0.15, 0.2) is 0 Å². The first-order valence-corrected chi connectivity index (χ1v) is 12.9. The van der Waals surface area contributed by atoms with Crippen LogP contribution < -0.4 is 10.6 Å². The fraction of sp³-hybridized carbons (Fsp3) is 0.714. The van der Waals surface area contributed by atoms with Gasteiger partial charge >= 0.3 is 0 Å². The highest BCUT2D eigenvalue weighted by atomic mass is 16.5. The highest BCUT2D eigenvalue weighted by Crippen LogP contribution is 2.18. The lowest BCUT2D eigenvalue weighted by atomic mass is 9.99. The van der Waals surface area contributed by atoms with Gasteiger partial charge in [-0.05, 0) is 65.0 Å². The van der Waals surface area contributed by atoms with Crippen LogP contribution in [0.3, 0.4) is 0 Å². The Morgan fingerprint density at radius 2 is 1.62 bits per heavy atom. The van der Waals surface area contributed by atoms with E-state index in [1.807, 2.05) is 52.0 Å². The summed E-state index contributed by atoms with van der Waals surface area (Å²) in [5.41, 5.74) is 1.26. The van der Waals surface area contributed by atoms with Gasteiger partial charge in [-0.25, -0.2) is 0 Å². The maximum Gasteiger partial charge on any atom is 0.223 e. The molecule has 0 saturated carbocycles. The Hall–Kier alpha value is -1.92. The van der Waals surface area contributed by atoms with Gasteiger partial charge in [0, 0.05) is 25.1 Å². The van der Waals surface area contributed by atoms with Crippen molar-refractivity contribution in [3.63, 3.8) is 0 Å². The minimum Gasteiger partial charge on any atom is -0.375 e. The van der Waals surface area contributed by atoms with Gasteiger partial charge in [0.2, 0.25) is 11.8 Å². The molecule has 0 aliphatic carbocycles. The standard InChI is InChI=1S/C28H48N2O4/c1-8-10-11-12-25(31)30-27(4,5)17-18-34-28(6,7)19-26(32)29-20-23-13-15-24(16-14-23)21-33-22(3)9-2/h13-16,22H,8-12,17-21H2,1-7H3,(H,29,32)(H,30,31). The maximum atomic E-state index is 12.5. The second-order valence-electron chi connectivity index (χ2n) is 10.5. The van der Waals surface area contributed by atoms with Crippen molar-refractivity contribution < 1.29 is 19.1 Å². The fourth-order valence-electron chi connectivity index (χ4n) is 3.43. The van der Waals surface area contributed by atoms with E-state index in [-0.39, 0.29) is 29.9 Å². The first-order chi connectivity index (χ1) is 16.0. The minimum absolute atomic E-state index is 0.0438. The second kappa shape index (κ2) is 15.2. The molecule has 0 fully saturated rings. The SMILES string of the molecule is CCCCCC(=O)NC(C)(C)CCOC(C)(C)CC(=O)NCc1ccc(COC(C)CC)cc1. The highest BCUT2D eigenvalue weighted by molar-refractivity contribution is 5.77. The quantitative estimate of drug-likeness (QED) is 0.284. The topological polar surface area (TPSA) is 76.7 Å². The van der Waals surface area contributed by atoms with Crippen molar-refractivity contribution in [2.75, 3.05) is 6.61 Å². The third-order valence-corrected chi connectivity index (χ3v) is 5.91. The number of amides is 2. The molecule has 34 heavy (non-hydrogen) atoms. The van der Waals surface area contributed by atoms with E-state index >= 15 is 0 Å². The number of unbranched alkanes of at least 4 members (excludes halogenated alkanes) is 2.